The van der Waals surface area contributed by atoms with Gasteiger partial charge in [0.2, 0.25) is 0 Å². The molecule has 1 aliphatic rings. The average Bonchev–Trinajstić information content (AvgIpc) is 2.81. The summed E-state index contributed by atoms with van der Waals surface area (Å²) in [5, 5.41) is 4.62. The molecule has 4 heteroatoms. The molecule has 1 saturated heterocycles. The van der Waals surface area contributed by atoms with Gasteiger partial charge in [-0.25, -0.2) is 0 Å². The lowest BCUT2D eigenvalue weighted by Gasteiger charge is -2.32. The summed E-state index contributed by atoms with van der Waals surface area (Å²) >= 11 is 0. The Balaban J connectivity index is 2.01. The summed E-state index contributed by atoms with van der Waals surface area (Å²) in [7, 11) is 0. The van der Waals surface area contributed by atoms with Crippen molar-refractivity contribution < 1.29 is 0 Å². The molecule has 1 aromatic heterocycles. The van der Waals surface area contributed by atoms with E-state index >= 15 is 0 Å². The van der Waals surface area contributed by atoms with Gasteiger partial charge in [0.05, 0.1) is 11.4 Å². The van der Waals surface area contributed by atoms with Crippen molar-refractivity contribution in [2.75, 3.05) is 19.6 Å². The first-order chi connectivity index (χ1) is 8.76. The second-order valence-corrected chi connectivity index (χ2v) is 5.28. The third-order valence-corrected chi connectivity index (χ3v) is 3.90. The van der Waals surface area contributed by atoms with E-state index in [1.165, 1.54) is 30.8 Å². The van der Waals surface area contributed by atoms with Gasteiger partial charge in [-0.1, -0.05) is 6.92 Å². The predicted molar refractivity (Wildman–Crippen MR) is 74.3 cm³/mol. The second kappa shape index (κ2) is 6.34. The number of aromatic nitrogens is 2. The molecule has 1 aliphatic heterocycles. The third kappa shape index (κ3) is 3.12. The van der Waals surface area contributed by atoms with E-state index in [9.17, 15) is 0 Å². The SMILES string of the molecule is CCc1cc(CN2CCCC(CN)C2)n(CC)n1. The Morgan fingerprint density at radius 2 is 2.28 bits per heavy atom. The van der Waals surface area contributed by atoms with E-state index in [4.69, 9.17) is 5.73 Å². The zero-order valence-electron chi connectivity index (χ0n) is 11.7. The van der Waals surface area contributed by atoms with Crippen LogP contribution in [0.4, 0.5) is 0 Å². The number of hydrogen-bond donors (Lipinski definition) is 1. The quantitative estimate of drug-likeness (QED) is 0.864. The van der Waals surface area contributed by atoms with Gasteiger partial charge in [-0.3, -0.25) is 9.58 Å². The highest BCUT2D eigenvalue weighted by Gasteiger charge is 2.20. The number of aryl methyl sites for hydroxylation is 2. The van der Waals surface area contributed by atoms with Gasteiger partial charge in [0.15, 0.2) is 0 Å². The van der Waals surface area contributed by atoms with E-state index in [2.05, 4.69) is 34.6 Å². The zero-order valence-corrected chi connectivity index (χ0v) is 11.7. The van der Waals surface area contributed by atoms with Crippen LogP contribution in [0.2, 0.25) is 0 Å². The molecule has 0 aliphatic carbocycles. The molecular weight excluding hydrogens is 224 g/mol. The summed E-state index contributed by atoms with van der Waals surface area (Å²) in [5.41, 5.74) is 8.36. The van der Waals surface area contributed by atoms with Gasteiger partial charge in [-0.05, 0) is 51.3 Å². The molecule has 0 saturated carbocycles. The number of nitrogens with zero attached hydrogens (tertiary/aromatic N) is 3. The Kier molecular flexibility index (Phi) is 4.78. The number of nitrogens with two attached hydrogens (primary N) is 1. The highest BCUT2D eigenvalue weighted by atomic mass is 15.3. The second-order valence-electron chi connectivity index (χ2n) is 5.28. The Morgan fingerprint density at radius 1 is 1.44 bits per heavy atom. The van der Waals surface area contributed by atoms with E-state index in [-0.39, 0.29) is 0 Å². The predicted octanol–water partition coefficient (Wildman–Crippen LogP) is 1.64. The van der Waals surface area contributed by atoms with Crippen LogP contribution in [0.25, 0.3) is 0 Å². The van der Waals surface area contributed by atoms with Crippen molar-refractivity contribution in [2.24, 2.45) is 11.7 Å². The molecule has 0 aromatic carbocycles. The van der Waals surface area contributed by atoms with Gasteiger partial charge < -0.3 is 5.73 Å². The Morgan fingerprint density at radius 3 is 2.94 bits per heavy atom. The topological polar surface area (TPSA) is 47.1 Å². The van der Waals surface area contributed by atoms with Crippen LogP contribution in [0.1, 0.15) is 38.1 Å². The van der Waals surface area contributed by atoms with E-state index in [0.29, 0.717) is 5.92 Å². The zero-order chi connectivity index (χ0) is 13.0. The minimum atomic E-state index is 0.683. The van der Waals surface area contributed by atoms with Gasteiger partial charge >= 0.3 is 0 Å². The van der Waals surface area contributed by atoms with Gasteiger partial charge in [-0.15, -0.1) is 0 Å². The Hall–Kier alpha value is -0.870. The highest BCUT2D eigenvalue weighted by Crippen LogP contribution is 2.18. The van der Waals surface area contributed by atoms with Crippen LogP contribution in [-0.2, 0) is 19.5 Å². The molecule has 2 heterocycles. The number of rotatable bonds is 5. The van der Waals surface area contributed by atoms with Crippen LogP contribution >= 0.6 is 0 Å². The van der Waals surface area contributed by atoms with Gasteiger partial charge in [0, 0.05) is 19.6 Å². The molecule has 0 spiro atoms. The van der Waals surface area contributed by atoms with Crippen molar-refractivity contribution >= 4 is 0 Å². The summed E-state index contributed by atoms with van der Waals surface area (Å²) < 4.78 is 2.14. The van der Waals surface area contributed by atoms with Gasteiger partial charge in [-0.2, -0.15) is 5.10 Å². The smallest absolute Gasteiger partial charge is 0.0625 e. The van der Waals surface area contributed by atoms with Crippen molar-refractivity contribution in [1.29, 1.82) is 0 Å². The summed E-state index contributed by atoms with van der Waals surface area (Å²) in [6.07, 6.45) is 3.59. The lowest BCUT2D eigenvalue weighted by atomic mass is 9.98. The molecule has 1 aromatic rings. The lowest BCUT2D eigenvalue weighted by Crippen LogP contribution is -2.38. The number of likely N-dealkylation sites (tertiary alicyclic amines) is 1. The molecule has 0 amide bonds. The first-order valence-corrected chi connectivity index (χ1v) is 7.24. The number of piperidine rings is 1. The summed E-state index contributed by atoms with van der Waals surface area (Å²) in [4.78, 5) is 2.53. The molecule has 2 N–H and O–H groups in total. The van der Waals surface area contributed by atoms with E-state index < -0.39 is 0 Å². The van der Waals surface area contributed by atoms with Crippen LogP contribution in [0.3, 0.4) is 0 Å². The van der Waals surface area contributed by atoms with Crippen molar-refractivity contribution in [2.45, 2.75) is 46.2 Å². The summed E-state index contributed by atoms with van der Waals surface area (Å²) in [6.45, 7) is 9.48. The third-order valence-electron chi connectivity index (χ3n) is 3.90. The molecule has 0 radical (unpaired) electrons. The molecule has 18 heavy (non-hydrogen) atoms. The maximum atomic E-state index is 5.80. The average molecular weight is 250 g/mol. The largest absolute Gasteiger partial charge is 0.330 e. The van der Waals surface area contributed by atoms with Gasteiger partial charge in [0.25, 0.3) is 0 Å². The fourth-order valence-electron chi connectivity index (χ4n) is 2.81. The molecule has 1 atom stereocenters. The van der Waals surface area contributed by atoms with Crippen LogP contribution < -0.4 is 5.73 Å². The maximum Gasteiger partial charge on any atom is 0.0625 e. The van der Waals surface area contributed by atoms with Crippen molar-refractivity contribution in [3.05, 3.63) is 17.5 Å². The van der Waals surface area contributed by atoms with E-state index in [1.54, 1.807) is 0 Å². The molecule has 2 rings (SSSR count). The molecular formula is C14H26N4. The van der Waals surface area contributed by atoms with Crippen LogP contribution in [0.5, 0.6) is 0 Å². The Labute approximate surface area is 110 Å². The monoisotopic (exact) mass is 250 g/mol. The Bertz CT molecular complexity index is 372. The fraction of sp³-hybridized carbons (Fsp3) is 0.786. The molecule has 102 valence electrons. The molecule has 1 fully saturated rings. The summed E-state index contributed by atoms with van der Waals surface area (Å²) in [5.74, 6) is 0.683. The van der Waals surface area contributed by atoms with Crippen LogP contribution in [-0.4, -0.2) is 34.3 Å². The minimum Gasteiger partial charge on any atom is -0.330 e. The lowest BCUT2D eigenvalue weighted by molar-refractivity contribution is 0.167. The first-order valence-electron chi connectivity index (χ1n) is 7.24. The first kappa shape index (κ1) is 13.6. The highest BCUT2D eigenvalue weighted by molar-refractivity contribution is 5.10. The van der Waals surface area contributed by atoms with Crippen molar-refractivity contribution in [1.82, 2.24) is 14.7 Å². The van der Waals surface area contributed by atoms with Crippen molar-refractivity contribution in [3.8, 4) is 0 Å². The standard InChI is InChI=1S/C14H26N4/c1-3-13-8-14(18(4-2)16-13)11-17-7-5-6-12(9-15)10-17/h8,12H,3-7,9-11,15H2,1-2H3. The van der Waals surface area contributed by atoms with E-state index in [0.717, 1.165) is 32.6 Å². The van der Waals surface area contributed by atoms with Gasteiger partial charge in [0.1, 0.15) is 0 Å². The maximum absolute atomic E-state index is 5.80. The minimum absolute atomic E-state index is 0.683. The fourth-order valence-corrected chi connectivity index (χ4v) is 2.81. The summed E-state index contributed by atoms with van der Waals surface area (Å²) in [6, 6.07) is 2.26. The normalized spacial score (nSPS) is 21.4. The van der Waals surface area contributed by atoms with Crippen LogP contribution in [0, 0.1) is 5.92 Å². The molecule has 4 nitrogen and oxygen atoms in total. The molecule has 0 bridgehead atoms. The van der Waals surface area contributed by atoms with E-state index in [1.807, 2.05) is 0 Å². The molecule has 1 unspecified atom stereocenters. The van der Waals surface area contributed by atoms with Crippen molar-refractivity contribution in [3.63, 3.8) is 0 Å². The number of hydrogen-bond acceptors (Lipinski definition) is 3. The van der Waals surface area contributed by atoms with Crippen LogP contribution in [0.15, 0.2) is 6.07 Å².